The zero-order valence-corrected chi connectivity index (χ0v) is 16.3. The van der Waals surface area contributed by atoms with Gasteiger partial charge in [0.2, 0.25) is 0 Å². The largest absolute Gasteiger partial charge is 0.350 e. The van der Waals surface area contributed by atoms with Gasteiger partial charge in [0.25, 0.3) is 11.8 Å². The molecule has 0 saturated heterocycles. The van der Waals surface area contributed by atoms with Crippen molar-refractivity contribution in [3.63, 3.8) is 0 Å². The Kier molecular flexibility index (Phi) is 4.75. The van der Waals surface area contributed by atoms with E-state index in [-0.39, 0.29) is 11.5 Å². The van der Waals surface area contributed by atoms with E-state index in [0.717, 1.165) is 4.90 Å². The summed E-state index contributed by atoms with van der Waals surface area (Å²) in [6, 6.07) is 14.2. The minimum absolute atomic E-state index is 0.161. The van der Waals surface area contributed by atoms with E-state index in [0.29, 0.717) is 32.4 Å². The monoisotopic (exact) mass is 412 g/mol. The van der Waals surface area contributed by atoms with Gasteiger partial charge in [0.05, 0.1) is 11.3 Å². The molecule has 3 aromatic rings. The SMILES string of the molecule is Cc1cc(Cl)ccc1N1C(=O)C(Nc2ccc(F)cc2)=C(c2cccs2)C1=O. The second-order valence-electron chi connectivity index (χ2n) is 6.24. The maximum absolute atomic E-state index is 13.2. The summed E-state index contributed by atoms with van der Waals surface area (Å²) in [4.78, 5) is 28.3. The van der Waals surface area contributed by atoms with Crippen LogP contribution < -0.4 is 10.2 Å². The van der Waals surface area contributed by atoms with Crippen LogP contribution in [0.3, 0.4) is 0 Å². The van der Waals surface area contributed by atoms with Gasteiger partial charge in [0.15, 0.2) is 0 Å². The van der Waals surface area contributed by atoms with Gasteiger partial charge in [-0.05, 0) is 66.4 Å². The van der Waals surface area contributed by atoms with Crippen molar-refractivity contribution in [3.8, 4) is 0 Å². The minimum atomic E-state index is -0.469. The third-order valence-electron chi connectivity index (χ3n) is 4.36. The lowest BCUT2D eigenvalue weighted by Crippen LogP contribution is -2.32. The van der Waals surface area contributed by atoms with Crippen molar-refractivity contribution in [1.29, 1.82) is 0 Å². The number of anilines is 2. The van der Waals surface area contributed by atoms with Crippen molar-refractivity contribution >= 4 is 51.7 Å². The molecule has 0 aliphatic carbocycles. The smallest absolute Gasteiger partial charge is 0.282 e. The zero-order valence-electron chi connectivity index (χ0n) is 14.7. The van der Waals surface area contributed by atoms with E-state index in [2.05, 4.69) is 5.32 Å². The van der Waals surface area contributed by atoms with Crippen molar-refractivity contribution in [3.05, 3.63) is 87.0 Å². The lowest BCUT2D eigenvalue weighted by Gasteiger charge is -2.18. The molecule has 2 heterocycles. The number of carbonyl (C=O) groups excluding carboxylic acids is 2. The number of hydrogen-bond acceptors (Lipinski definition) is 4. The summed E-state index contributed by atoms with van der Waals surface area (Å²) in [5.74, 6) is -1.27. The summed E-state index contributed by atoms with van der Waals surface area (Å²) >= 11 is 7.38. The summed E-state index contributed by atoms with van der Waals surface area (Å²) in [5.41, 5.74) is 2.15. The summed E-state index contributed by atoms with van der Waals surface area (Å²) in [6.45, 7) is 1.79. The number of nitrogens with one attached hydrogen (secondary N) is 1. The normalized spacial score (nSPS) is 14.2. The number of amides is 2. The Morgan fingerprint density at radius 2 is 1.79 bits per heavy atom. The highest BCUT2D eigenvalue weighted by molar-refractivity contribution is 7.11. The van der Waals surface area contributed by atoms with Gasteiger partial charge in [-0.25, -0.2) is 9.29 Å². The molecular formula is C21H14ClFN2O2S. The first kappa shape index (κ1) is 18.4. The molecular weight excluding hydrogens is 399 g/mol. The van der Waals surface area contributed by atoms with E-state index in [1.165, 1.54) is 35.6 Å². The molecule has 0 bridgehead atoms. The van der Waals surface area contributed by atoms with Gasteiger partial charge in [-0.1, -0.05) is 17.7 Å². The predicted molar refractivity (Wildman–Crippen MR) is 110 cm³/mol. The number of rotatable bonds is 4. The van der Waals surface area contributed by atoms with E-state index in [1.807, 2.05) is 11.4 Å². The molecule has 0 saturated carbocycles. The van der Waals surface area contributed by atoms with Crippen molar-refractivity contribution < 1.29 is 14.0 Å². The first-order chi connectivity index (χ1) is 13.5. The van der Waals surface area contributed by atoms with Crippen molar-refractivity contribution in [2.75, 3.05) is 10.2 Å². The Morgan fingerprint density at radius 3 is 2.43 bits per heavy atom. The first-order valence-corrected chi connectivity index (χ1v) is 9.67. The molecule has 1 aromatic heterocycles. The zero-order chi connectivity index (χ0) is 19.8. The topological polar surface area (TPSA) is 49.4 Å². The molecule has 1 aliphatic heterocycles. The lowest BCUT2D eigenvalue weighted by molar-refractivity contribution is -0.120. The third-order valence-corrected chi connectivity index (χ3v) is 5.49. The van der Waals surface area contributed by atoms with Crippen molar-refractivity contribution in [2.45, 2.75) is 6.92 Å². The number of aryl methyl sites for hydroxylation is 1. The first-order valence-electron chi connectivity index (χ1n) is 8.41. The van der Waals surface area contributed by atoms with Gasteiger partial charge in [-0.15, -0.1) is 11.3 Å². The number of hydrogen-bond donors (Lipinski definition) is 1. The van der Waals surface area contributed by atoms with Crippen LogP contribution in [0.5, 0.6) is 0 Å². The Morgan fingerprint density at radius 1 is 1.04 bits per heavy atom. The van der Waals surface area contributed by atoms with E-state index >= 15 is 0 Å². The van der Waals surface area contributed by atoms with E-state index in [1.54, 1.807) is 31.2 Å². The molecule has 0 atom stereocenters. The molecule has 2 amide bonds. The second-order valence-corrected chi connectivity index (χ2v) is 7.62. The molecule has 0 spiro atoms. The van der Waals surface area contributed by atoms with E-state index < -0.39 is 11.8 Å². The average molecular weight is 413 g/mol. The summed E-state index contributed by atoms with van der Waals surface area (Å²) in [5, 5.41) is 5.36. The average Bonchev–Trinajstić information content (AvgIpc) is 3.25. The van der Waals surface area contributed by atoms with Crippen molar-refractivity contribution in [2.24, 2.45) is 0 Å². The van der Waals surface area contributed by atoms with E-state index in [9.17, 15) is 14.0 Å². The van der Waals surface area contributed by atoms with Gasteiger partial charge in [-0.2, -0.15) is 0 Å². The fourth-order valence-electron chi connectivity index (χ4n) is 3.06. The van der Waals surface area contributed by atoms with Gasteiger partial charge in [-0.3, -0.25) is 9.59 Å². The molecule has 7 heteroatoms. The number of benzene rings is 2. The quantitative estimate of drug-likeness (QED) is 0.596. The van der Waals surface area contributed by atoms with Gasteiger partial charge < -0.3 is 5.32 Å². The van der Waals surface area contributed by atoms with Gasteiger partial charge >= 0.3 is 0 Å². The molecule has 0 unspecified atom stereocenters. The lowest BCUT2D eigenvalue weighted by atomic mass is 10.1. The molecule has 28 heavy (non-hydrogen) atoms. The Labute approximate surface area is 169 Å². The van der Waals surface area contributed by atoms with Gasteiger partial charge in [0.1, 0.15) is 11.5 Å². The van der Waals surface area contributed by atoms with Crippen LogP contribution in [0.15, 0.2) is 65.7 Å². The molecule has 4 nitrogen and oxygen atoms in total. The second kappa shape index (κ2) is 7.22. The number of carbonyl (C=O) groups is 2. The fourth-order valence-corrected chi connectivity index (χ4v) is 4.06. The van der Waals surface area contributed by atoms with Crippen molar-refractivity contribution in [1.82, 2.24) is 0 Å². The Hall–Kier alpha value is -2.96. The number of halogens is 2. The molecule has 1 aliphatic rings. The van der Waals surface area contributed by atoms with Crippen LogP contribution in [0.4, 0.5) is 15.8 Å². The Bertz CT molecular complexity index is 1110. The fraction of sp³-hybridized carbons (Fsp3) is 0.0476. The highest BCUT2D eigenvalue weighted by atomic mass is 35.5. The maximum Gasteiger partial charge on any atom is 0.282 e. The van der Waals surface area contributed by atoms with Crippen LogP contribution in [0.1, 0.15) is 10.4 Å². The van der Waals surface area contributed by atoms with E-state index in [4.69, 9.17) is 11.6 Å². The maximum atomic E-state index is 13.2. The highest BCUT2D eigenvalue weighted by Gasteiger charge is 2.41. The predicted octanol–water partition coefficient (Wildman–Crippen LogP) is 5.25. The number of nitrogens with zero attached hydrogens (tertiary/aromatic N) is 1. The van der Waals surface area contributed by atoms with Gasteiger partial charge in [0, 0.05) is 15.6 Å². The molecule has 0 radical (unpaired) electrons. The highest BCUT2D eigenvalue weighted by Crippen LogP contribution is 2.37. The summed E-state index contributed by atoms with van der Waals surface area (Å²) in [7, 11) is 0. The Balaban J connectivity index is 1.80. The molecule has 140 valence electrons. The summed E-state index contributed by atoms with van der Waals surface area (Å²) in [6.07, 6.45) is 0. The van der Waals surface area contributed by atoms with Crippen LogP contribution in [-0.4, -0.2) is 11.8 Å². The molecule has 1 N–H and O–H groups in total. The minimum Gasteiger partial charge on any atom is -0.350 e. The number of thiophene rings is 1. The third kappa shape index (κ3) is 3.21. The van der Waals surface area contributed by atoms with Crippen LogP contribution in [0.2, 0.25) is 5.02 Å². The molecule has 4 rings (SSSR count). The van der Waals surface area contributed by atoms with Crippen LogP contribution in [-0.2, 0) is 9.59 Å². The van der Waals surface area contributed by atoms with Crippen LogP contribution in [0.25, 0.3) is 5.57 Å². The standard InChI is InChI=1S/C21H14ClFN2O2S/c1-12-11-13(22)4-9-16(12)25-20(26)18(17-3-2-10-28-17)19(21(25)27)24-15-7-5-14(23)6-8-15/h2-11,24H,1H3. The molecule has 0 fully saturated rings. The summed E-state index contributed by atoms with van der Waals surface area (Å²) < 4.78 is 13.2. The van der Waals surface area contributed by atoms with Crippen LogP contribution >= 0.6 is 22.9 Å². The molecule has 2 aromatic carbocycles. The van der Waals surface area contributed by atoms with Crippen LogP contribution in [0, 0.1) is 12.7 Å². The number of imide groups is 1.